The van der Waals surface area contributed by atoms with Crippen LogP contribution in [0, 0.1) is 20.2 Å². The third-order valence-electron chi connectivity index (χ3n) is 8.27. The predicted octanol–water partition coefficient (Wildman–Crippen LogP) is 3.36. The van der Waals surface area contributed by atoms with Crippen LogP contribution in [0.2, 0.25) is 0 Å². The summed E-state index contributed by atoms with van der Waals surface area (Å²) in [6, 6.07) is 11.4. The summed E-state index contributed by atoms with van der Waals surface area (Å²) in [6.07, 6.45) is 7.24. The second kappa shape index (κ2) is 12.2. The number of benzene rings is 2. The first kappa shape index (κ1) is 29.0. The van der Waals surface area contributed by atoms with E-state index in [1.807, 2.05) is 0 Å². The van der Waals surface area contributed by atoms with Gasteiger partial charge in [0, 0.05) is 48.2 Å². The van der Waals surface area contributed by atoms with Gasteiger partial charge in [-0.05, 0) is 38.5 Å². The molecule has 4 aromatic rings. The third kappa shape index (κ3) is 5.74. The number of fused-ring (bicyclic) bond motifs is 2. The molecule has 0 spiro atoms. The van der Waals surface area contributed by atoms with Crippen LogP contribution in [0.3, 0.4) is 0 Å². The van der Waals surface area contributed by atoms with Gasteiger partial charge in [-0.3, -0.25) is 29.8 Å². The van der Waals surface area contributed by atoms with Crippen LogP contribution < -0.4 is 9.13 Å². The van der Waals surface area contributed by atoms with Crippen LogP contribution in [-0.4, -0.2) is 41.0 Å². The summed E-state index contributed by atoms with van der Waals surface area (Å²) >= 11 is 0. The molecule has 2 aromatic heterocycles. The summed E-state index contributed by atoms with van der Waals surface area (Å²) in [7, 11) is 0. The molecule has 2 aliphatic heterocycles. The molecule has 0 radical (unpaired) electrons. The highest BCUT2D eigenvalue weighted by molar-refractivity contribution is 5.97. The maximum absolute atomic E-state index is 13.3. The monoisotopic (exact) mass is 600 g/mol. The van der Waals surface area contributed by atoms with Crippen LogP contribution in [-0.2, 0) is 39.0 Å². The minimum atomic E-state index is -0.520. The molecular weight excluding hydrogens is 568 g/mol. The third-order valence-corrected chi connectivity index (χ3v) is 8.27. The van der Waals surface area contributed by atoms with E-state index in [-0.39, 0.29) is 47.2 Å². The number of carbonyl (C=O) groups excluding carboxylic acids is 2. The molecule has 14 heteroatoms. The molecule has 2 aliphatic rings. The van der Waals surface area contributed by atoms with Gasteiger partial charge in [0.2, 0.25) is 23.2 Å². The molecule has 0 N–H and O–H groups in total. The normalized spacial score (nSPS) is 14.6. The molecule has 0 saturated carbocycles. The summed E-state index contributed by atoms with van der Waals surface area (Å²) in [5.41, 5.74) is 0.204. The number of aromatic nitrogens is 6. The zero-order valence-corrected chi connectivity index (χ0v) is 24.1. The summed E-state index contributed by atoms with van der Waals surface area (Å²) < 4.78 is 7.61. The van der Waals surface area contributed by atoms with Crippen molar-refractivity contribution in [1.29, 1.82) is 0 Å². The first-order chi connectivity index (χ1) is 21.3. The summed E-state index contributed by atoms with van der Waals surface area (Å²) in [6.45, 7) is 1.25. The van der Waals surface area contributed by atoms with Gasteiger partial charge in [0.05, 0.1) is 33.1 Å². The van der Waals surface area contributed by atoms with E-state index in [2.05, 4.69) is 9.13 Å². The number of hydrogen-bond acceptors (Lipinski definition) is 8. The fraction of sp³-hybridized carbons (Fsp3) is 0.400. The van der Waals surface area contributed by atoms with Crippen molar-refractivity contribution in [2.45, 2.75) is 77.5 Å². The van der Waals surface area contributed by atoms with Crippen LogP contribution in [0.25, 0.3) is 11.6 Å². The van der Waals surface area contributed by atoms with Gasteiger partial charge in [-0.15, -0.1) is 9.36 Å². The van der Waals surface area contributed by atoms with E-state index in [1.54, 1.807) is 21.5 Å². The lowest BCUT2D eigenvalue weighted by atomic mass is 10.1. The number of non-ortho nitro benzene ring substituents is 2. The molecule has 226 valence electrons. The molecule has 0 amide bonds. The fourth-order valence-electron chi connectivity index (χ4n) is 6.06. The van der Waals surface area contributed by atoms with Crippen molar-refractivity contribution in [3.63, 3.8) is 0 Å². The van der Waals surface area contributed by atoms with E-state index in [0.29, 0.717) is 37.6 Å². The first-order valence-electron chi connectivity index (χ1n) is 14.8. The molecule has 0 aliphatic carbocycles. The maximum atomic E-state index is 13.3. The number of nitrogens with zero attached hydrogens (tertiary/aromatic N) is 8. The number of nitro benzene ring substituents is 2. The van der Waals surface area contributed by atoms with Gasteiger partial charge in [0.25, 0.3) is 11.4 Å². The molecule has 0 saturated heterocycles. The van der Waals surface area contributed by atoms with Gasteiger partial charge < -0.3 is 0 Å². The SMILES string of the molecule is O=C(Cn1nc(-c2nn(CC(=O)c3cccc([N+](=O)[O-])c3)c3[n+]2CCCCC3)[n+]2c1CCCCC2)c1cccc([N+](=O)[O-])c1. The molecule has 44 heavy (non-hydrogen) atoms. The second-order valence-corrected chi connectivity index (χ2v) is 11.2. The predicted molar refractivity (Wildman–Crippen MR) is 154 cm³/mol. The Morgan fingerprint density at radius 1 is 0.682 bits per heavy atom. The van der Waals surface area contributed by atoms with Gasteiger partial charge in [-0.25, -0.2) is 9.13 Å². The Bertz CT molecular complexity index is 1660. The van der Waals surface area contributed by atoms with Gasteiger partial charge >= 0.3 is 11.6 Å². The Labute approximate surface area is 251 Å². The zero-order chi connectivity index (χ0) is 30.8. The topological polar surface area (TPSA) is 164 Å². The molecule has 4 heterocycles. The van der Waals surface area contributed by atoms with E-state index < -0.39 is 9.85 Å². The van der Waals surface area contributed by atoms with Crippen LogP contribution in [0.1, 0.15) is 70.9 Å². The summed E-state index contributed by atoms with van der Waals surface area (Å²) in [4.78, 5) is 48.1. The average molecular weight is 601 g/mol. The minimum absolute atomic E-state index is 0.0741. The lowest BCUT2D eigenvalue weighted by Gasteiger charge is -2.02. The van der Waals surface area contributed by atoms with Crippen molar-refractivity contribution in [3.8, 4) is 11.6 Å². The molecular formula is C30H32N8O6+2. The van der Waals surface area contributed by atoms with Crippen molar-refractivity contribution >= 4 is 22.9 Å². The number of carbonyl (C=O) groups is 2. The number of ketones is 2. The first-order valence-corrected chi connectivity index (χ1v) is 14.8. The smallest absolute Gasteiger partial charge is 0.290 e. The second-order valence-electron chi connectivity index (χ2n) is 11.2. The number of rotatable bonds is 9. The number of nitro groups is 2. The van der Waals surface area contributed by atoms with Gasteiger partial charge in [-0.1, -0.05) is 24.3 Å². The van der Waals surface area contributed by atoms with E-state index >= 15 is 0 Å². The van der Waals surface area contributed by atoms with E-state index in [1.165, 1.54) is 36.4 Å². The van der Waals surface area contributed by atoms with E-state index in [0.717, 1.165) is 50.2 Å². The summed E-state index contributed by atoms with van der Waals surface area (Å²) in [5.74, 6) is 2.43. The van der Waals surface area contributed by atoms with Crippen LogP contribution in [0.4, 0.5) is 11.4 Å². The van der Waals surface area contributed by atoms with Crippen molar-refractivity contribution in [2.75, 3.05) is 0 Å². The van der Waals surface area contributed by atoms with Gasteiger partial charge in [0.1, 0.15) is 0 Å². The number of Topliss-reactive ketones (excluding diaryl/α,β-unsaturated/α-hetero) is 2. The Hall–Kier alpha value is -5.14. The molecule has 0 fully saturated rings. The van der Waals surface area contributed by atoms with E-state index in [4.69, 9.17) is 10.2 Å². The molecule has 6 rings (SSSR count). The Kier molecular flexibility index (Phi) is 8.05. The van der Waals surface area contributed by atoms with Crippen LogP contribution >= 0.6 is 0 Å². The lowest BCUT2D eigenvalue weighted by molar-refractivity contribution is -0.721. The van der Waals surface area contributed by atoms with Gasteiger partial charge in [-0.2, -0.15) is 0 Å². The zero-order valence-electron chi connectivity index (χ0n) is 24.1. The quantitative estimate of drug-likeness (QED) is 0.122. The highest BCUT2D eigenvalue weighted by atomic mass is 16.6. The highest BCUT2D eigenvalue weighted by Crippen LogP contribution is 2.21. The Balaban J connectivity index is 1.38. The standard InChI is InChI=1S/C30H32N8O6/c39-25(21-9-7-11-23(17-21)37(41)42)19-35-27-13-3-1-5-15-33(27)29(31-35)30-32-36(28-14-4-2-6-16-34(28)30)20-26(40)22-10-8-12-24(18-22)38(43)44/h7-12,17-18H,1-6,13-16,19-20H2/q+2. The molecule has 0 atom stereocenters. The van der Waals surface area contributed by atoms with Crippen molar-refractivity contribution in [2.24, 2.45) is 0 Å². The average Bonchev–Trinajstić information content (AvgIpc) is 3.28. The Morgan fingerprint density at radius 3 is 1.52 bits per heavy atom. The summed E-state index contributed by atoms with van der Waals surface area (Å²) in [5, 5.41) is 32.4. The number of hydrogen-bond donors (Lipinski definition) is 0. The lowest BCUT2D eigenvalue weighted by Crippen LogP contribution is -2.44. The molecule has 2 aromatic carbocycles. The molecule has 0 unspecified atom stereocenters. The fourth-order valence-corrected chi connectivity index (χ4v) is 6.06. The maximum Gasteiger partial charge on any atom is 0.382 e. The van der Waals surface area contributed by atoms with Crippen LogP contribution in [0.5, 0.6) is 0 Å². The highest BCUT2D eigenvalue weighted by Gasteiger charge is 2.39. The van der Waals surface area contributed by atoms with Crippen molar-refractivity contribution in [1.82, 2.24) is 19.6 Å². The minimum Gasteiger partial charge on any atom is -0.290 e. The Morgan fingerprint density at radius 2 is 1.11 bits per heavy atom. The van der Waals surface area contributed by atoms with Gasteiger partial charge in [0.15, 0.2) is 13.1 Å². The van der Waals surface area contributed by atoms with Crippen molar-refractivity contribution < 1.29 is 28.6 Å². The van der Waals surface area contributed by atoms with Crippen molar-refractivity contribution in [3.05, 3.63) is 91.5 Å². The largest absolute Gasteiger partial charge is 0.382 e. The van der Waals surface area contributed by atoms with Crippen LogP contribution in [0.15, 0.2) is 48.5 Å². The molecule has 0 bridgehead atoms. The van der Waals surface area contributed by atoms with E-state index in [9.17, 15) is 29.8 Å². The molecule has 14 nitrogen and oxygen atoms in total.